The Kier molecular flexibility index (Phi) is 4.67. The number of sulfone groups is 1. The van der Waals surface area contributed by atoms with Crippen LogP contribution < -0.4 is 5.73 Å². The van der Waals surface area contributed by atoms with Gasteiger partial charge in [0.1, 0.15) is 17.9 Å². The first-order valence-electron chi connectivity index (χ1n) is 6.44. The maximum atomic E-state index is 12.5. The molecule has 1 aromatic heterocycles. The summed E-state index contributed by atoms with van der Waals surface area (Å²) in [4.78, 5) is 4.17. The van der Waals surface area contributed by atoms with Gasteiger partial charge in [-0.25, -0.2) is 18.1 Å². The van der Waals surface area contributed by atoms with Crippen LogP contribution in [0.2, 0.25) is 0 Å². The van der Waals surface area contributed by atoms with Crippen molar-refractivity contribution in [1.29, 1.82) is 0 Å². The van der Waals surface area contributed by atoms with Crippen LogP contribution in [0.25, 0.3) is 0 Å². The summed E-state index contributed by atoms with van der Waals surface area (Å²) in [6.45, 7) is 4.69. The summed E-state index contributed by atoms with van der Waals surface area (Å²) in [5.41, 5.74) is 6.02. The zero-order valence-corrected chi connectivity index (χ0v) is 14.2. The molecule has 0 unspecified atom stereocenters. The minimum Gasteiger partial charge on any atom is -0.398 e. The second-order valence-corrected chi connectivity index (χ2v) is 8.07. The first-order chi connectivity index (χ1) is 9.79. The van der Waals surface area contributed by atoms with Crippen LogP contribution in [0.15, 0.2) is 33.9 Å². The SMILES string of the molecule is CC(C)Cn1ncnc1CS(=O)(=O)c1ccc(Br)cc1N. The van der Waals surface area contributed by atoms with Crippen molar-refractivity contribution in [1.82, 2.24) is 14.8 Å². The summed E-state index contributed by atoms with van der Waals surface area (Å²) in [6, 6.07) is 4.73. The number of nitrogen functional groups attached to an aromatic ring is 1. The van der Waals surface area contributed by atoms with Gasteiger partial charge in [-0.05, 0) is 24.1 Å². The second-order valence-electron chi connectivity index (χ2n) is 5.19. The van der Waals surface area contributed by atoms with Gasteiger partial charge in [-0.3, -0.25) is 0 Å². The van der Waals surface area contributed by atoms with Gasteiger partial charge in [0, 0.05) is 11.0 Å². The van der Waals surface area contributed by atoms with Crippen molar-refractivity contribution < 1.29 is 8.42 Å². The monoisotopic (exact) mass is 372 g/mol. The molecule has 0 fully saturated rings. The molecule has 0 spiro atoms. The van der Waals surface area contributed by atoms with E-state index in [0.717, 1.165) is 4.47 Å². The predicted molar refractivity (Wildman–Crippen MR) is 84.3 cm³/mol. The number of nitrogens with two attached hydrogens (primary N) is 1. The Labute approximate surface area is 132 Å². The van der Waals surface area contributed by atoms with Crippen molar-refractivity contribution in [2.24, 2.45) is 5.92 Å². The molecule has 0 atom stereocenters. The summed E-state index contributed by atoms with van der Waals surface area (Å²) < 4.78 is 27.3. The lowest BCUT2D eigenvalue weighted by Crippen LogP contribution is -2.15. The Hall–Kier alpha value is -1.41. The molecule has 6 nitrogen and oxygen atoms in total. The van der Waals surface area contributed by atoms with Crippen molar-refractivity contribution in [2.75, 3.05) is 5.73 Å². The summed E-state index contributed by atoms with van der Waals surface area (Å²) in [5, 5.41) is 4.07. The van der Waals surface area contributed by atoms with Gasteiger partial charge in [-0.2, -0.15) is 5.10 Å². The minimum absolute atomic E-state index is 0.116. The van der Waals surface area contributed by atoms with Crippen LogP contribution in [0, 0.1) is 5.92 Å². The Morgan fingerprint density at radius 3 is 2.71 bits per heavy atom. The first kappa shape index (κ1) is 16.0. The molecule has 0 saturated carbocycles. The van der Waals surface area contributed by atoms with Crippen molar-refractivity contribution in [2.45, 2.75) is 31.0 Å². The Balaban J connectivity index is 2.32. The van der Waals surface area contributed by atoms with E-state index >= 15 is 0 Å². The second kappa shape index (κ2) is 6.15. The quantitative estimate of drug-likeness (QED) is 0.812. The molecule has 0 aliphatic carbocycles. The Morgan fingerprint density at radius 1 is 1.38 bits per heavy atom. The largest absolute Gasteiger partial charge is 0.398 e. The number of rotatable bonds is 5. The first-order valence-corrected chi connectivity index (χ1v) is 8.88. The smallest absolute Gasteiger partial charge is 0.187 e. The van der Waals surface area contributed by atoms with E-state index in [2.05, 4.69) is 26.0 Å². The van der Waals surface area contributed by atoms with Crippen LogP contribution in [0.3, 0.4) is 0 Å². The lowest BCUT2D eigenvalue weighted by atomic mass is 10.2. The van der Waals surface area contributed by atoms with Gasteiger partial charge in [-0.15, -0.1) is 0 Å². The number of benzene rings is 1. The molecular weight excluding hydrogens is 356 g/mol. The Bertz CT molecular complexity index is 740. The molecule has 2 rings (SSSR count). The fraction of sp³-hybridized carbons (Fsp3) is 0.385. The summed E-state index contributed by atoms with van der Waals surface area (Å²) >= 11 is 3.26. The fourth-order valence-electron chi connectivity index (χ4n) is 1.95. The van der Waals surface area contributed by atoms with Crippen molar-refractivity contribution >= 4 is 31.5 Å². The third-order valence-electron chi connectivity index (χ3n) is 2.86. The molecule has 114 valence electrons. The number of hydrogen-bond acceptors (Lipinski definition) is 5. The highest BCUT2D eigenvalue weighted by Crippen LogP contribution is 2.25. The van der Waals surface area contributed by atoms with Gasteiger partial charge in [0.25, 0.3) is 0 Å². The highest BCUT2D eigenvalue weighted by atomic mass is 79.9. The maximum Gasteiger partial charge on any atom is 0.187 e. The number of halogens is 1. The third kappa shape index (κ3) is 3.82. The zero-order valence-electron chi connectivity index (χ0n) is 11.8. The molecule has 1 aromatic carbocycles. The van der Waals surface area contributed by atoms with Crippen LogP contribution in [0.5, 0.6) is 0 Å². The molecule has 1 heterocycles. The average molecular weight is 373 g/mol. The summed E-state index contributed by atoms with van der Waals surface area (Å²) in [7, 11) is -3.56. The molecule has 2 N–H and O–H groups in total. The van der Waals surface area contributed by atoms with E-state index in [9.17, 15) is 8.42 Å². The fourth-order valence-corrected chi connectivity index (χ4v) is 3.74. The average Bonchev–Trinajstić information content (AvgIpc) is 2.74. The van der Waals surface area contributed by atoms with E-state index in [1.165, 1.54) is 12.4 Å². The molecule has 0 bridgehead atoms. The number of anilines is 1. The molecule has 0 aliphatic rings. The van der Waals surface area contributed by atoms with Gasteiger partial charge >= 0.3 is 0 Å². The number of hydrogen-bond donors (Lipinski definition) is 1. The van der Waals surface area contributed by atoms with Crippen molar-refractivity contribution in [3.05, 3.63) is 34.8 Å². The van der Waals surface area contributed by atoms with E-state index in [0.29, 0.717) is 18.3 Å². The molecule has 0 radical (unpaired) electrons. The normalized spacial score (nSPS) is 12.0. The zero-order chi connectivity index (χ0) is 15.6. The van der Waals surface area contributed by atoms with Crippen LogP contribution >= 0.6 is 15.9 Å². The standard InChI is InChI=1S/C13H17BrN4O2S/c1-9(2)6-18-13(16-8-17-18)7-21(19,20)12-4-3-10(14)5-11(12)15/h3-5,8-9H,6-7,15H2,1-2H3. The number of aromatic nitrogens is 3. The summed E-state index contributed by atoms with van der Waals surface area (Å²) in [5.74, 6) is 0.558. The van der Waals surface area contributed by atoms with Gasteiger partial charge in [-0.1, -0.05) is 29.8 Å². The molecule has 8 heteroatoms. The predicted octanol–water partition coefficient (Wildman–Crippen LogP) is 2.25. The molecular formula is C13H17BrN4O2S. The molecule has 0 aliphatic heterocycles. The molecule has 2 aromatic rings. The number of nitrogens with zero attached hydrogens (tertiary/aromatic N) is 3. The van der Waals surface area contributed by atoms with Crippen LogP contribution in [-0.4, -0.2) is 23.2 Å². The minimum atomic E-state index is -3.56. The van der Waals surface area contributed by atoms with E-state index in [-0.39, 0.29) is 16.3 Å². The highest BCUT2D eigenvalue weighted by Gasteiger charge is 2.21. The van der Waals surface area contributed by atoms with E-state index in [1.807, 2.05) is 13.8 Å². The molecule has 0 saturated heterocycles. The maximum absolute atomic E-state index is 12.5. The van der Waals surface area contributed by atoms with E-state index in [1.54, 1.807) is 16.8 Å². The van der Waals surface area contributed by atoms with Crippen LogP contribution in [-0.2, 0) is 22.1 Å². The van der Waals surface area contributed by atoms with Crippen molar-refractivity contribution in [3.63, 3.8) is 0 Å². The summed E-state index contributed by atoms with van der Waals surface area (Å²) in [6.07, 6.45) is 1.37. The van der Waals surface area contributed by atoms with Gasteiger partial charge in [0.05, 0.1) is 10.6 Å². The van der Waals surface area contributed by atoms with Gasteiger partial charge in [0.2, 0.25) is 0 Å². The van der Waals surface area contributed by atoms with E-state index in [4.69, 9.17) is 5.73 Å². The highest BCUT2D eigenvalue weighted by molar-refractivity contribution is 9.10. The van der Waals surface area contributed by atoms with E-state index < -0.39 is 9.84 Å². The van der Waals surface area contributed by atoms with Crippen LogP contribution in [0.4, 0.5) is 5.69 Å². The van der Waals surface area contributed by atoms with Gasteiger partial charge < -0.3 is 5.73 Å². The molecule has 0 amide bonds. The Morgan fingerprint density at radius 2 is 2.10 bits per heavy atom. The van der Waals surface area contributed by atoms with Gasteiger partial charge in [0.15, 0.2) is 9.84 Å². The topological polar surface area (TPSA) is 90.9 Å². The van der Waals surface area contributed by atoms with Crippen molar-refractivity contribution in [3.8, 4) is 0 Å². The van der Waals surface area contributed by atoms with Crippen LogP contribution in [0.1, 0.15) is 19.7 Å². The lowest BCUT2D eigenvalue weighted by molar-refractivity contribution is 0.470. The molecule has 21 heavy (non-hydrogen) atoms. The third-order valence-corrected chi connectivity index (χ3v) is 5.03. The lowest BCUT2D eigenvalue weighted by Gasteiger charge is -2.10.